The molecule has 0 radical (unpaired) electrons. The first-order valence-corrected chi connectivity index (χ1v) is 9.62. The summed E-state index contributed by atoms with van der Waals surface area (Å²) in [6.45, 7) is 1.72. The Morgan fingerprint density at radius 2 is 1.95 bits per heavy atom. The van der Waals surface area contributed by atoms with Crippen LogP contribution in [0, 0.1) is 0 Å². The van der Waals surface area contributed by atoms with Gasteiger partial charge in [-0.15, -0.1) is 0 Å². The number of aliphatic hydroxyl groups is 1. The van der Waals surface area contributed by atoms with Gasteiger partial charge in [0.05, 0.1) is 11.4 Å². The Morgan fingerprint density at radius 3 is 2.55 bits per heavy atom. The van der Waals surface area contributed by atoms with Crippen molar-refractivity contribution in [1.82, 2.24) is 4.72 Å². The van der Waals surface area contributed by atoms with E-state index in [1.165, 1.54) is 0 Å². The maximum Gasteiger partial charge on any atom is 0.212 e. The molecule has 1 aromatic carbocycles. The molecule has 0 aliphatic carbocycles. The average molecular weight is 317 g/mol. The van der Waals surface area contributed by atoms with E-state index < -0.39 is 15.6 Å². The second-order valence-corrected chi connectivity index (χ2v) is 8.03. The summed E-state index contributed by atoms with van der Waals surface area (Å²) in [6.07, 6.45) is 3.00. The van der Waals surface area contributed by atoms with Crippen LogP contribution in [0.5, 0.6) is 0 Å². The monoisotopic (exact) mass is 317 g/mol. The van der Waals surface area contributed by atoms with Gasteiger partial charge in [-0.2, -0.15) is 11.8 Å². The van der Waals surface area contributed by atoms with Crippen molar-refractivity contribution in [3.63, 3.8) is 0 Å². The molecule has 6 heteroatoms. The van der Waals surface area contributed by atoms with E-state index >= 15 is 0 Å². The van der Waals surface area contributed by atoms with Gasteiger partial charge in [0.2, 0.25) is 10.0 Å². The lowest BCUT2D eigenvalue weighted by Crippen LogP contribution is -2.42. The van der Waals surface area contributed by atoms with Gasteiger partial charge in [0, 0.05) is 6.54 Å². The van der Waals surface area contributed by atoms with Crippen LogP contribution in [0.2, 0.25) is 0 Å². The quantitative estimate of drug-likeness (QED) is 0.727. The van der Waals surface area contributed by atoms with Gasteiger partial charge in [-0.25, -0.2) is 13.1 Å². The first-order valence-electron chi connectivity index (χ1n) is 6.57. The van der Waals surface area contributed by atoms with Gasteiger partial charge in [-0.3, -0.25) is 0 Å². The number of aryl methyl sites for hydroxylation is 1. The molecule has 0 unspecified atom stereocenters. The maximum atomic E-state index is 11.9. The zero-order valence-electron chi connectivity index (χ0n) is 12.0. The Morgan fingerprint density at radius 1 is 1.30 bits per heavy atom. The summed E-state index contributed by atoms with van der Waals surface area (Å²) in [6, 6.07) is 9.50. The predicted molar refractivity (Wildman–Crippen MR) is 85.6 cm³/mol. The number of nitrogens with one attached hydrogen (secondary N) is 1. The molecule has 0 amide bonds. The third-order valence-corrected chi connectivity index (χ3v) is 4.96. The average Bonchev–Trinajstić information content (AvgIpc) is 2.43. The van der Waals surface area contributed by atoms with Gasteiger partial charge in [0.1, 0.15) is 0 Å². The van der Waals surface area contributed by atoms with E-state index in [0.29, 0.717) is 12.8 Å². The van der Waals surface area contributed by atoms with Crippen LogP contribution in [-0.2, 0) is 16.4 Å². The van der Waals surface area contributed by atoms with Crippen LogP contribution >= 0.6 is 11.8 Å². The van der Waals surface area contributed by atoms with Crippen molar-refractivity contribution >= 4 is 21.8 Å². The Kier molecular flexibility index (Phi) is 7.02. The predicted octanol–water partition coefficient (Wildman–Crippen LogP) is 1.65. The van der Waals surface area contributed by atoms with Crippen LogP contribution in [0.25, 0.3) is 0 Å². The van der Waals surface area contributed by atoms with E-state index in [1.807, 2.05) is 36.6 Å². The second kappa shape index (κ2) is 8.02. The molecular weight excluding hydrogens is 294 g/mol. The number of hydrogen-bond acceptors (Lipinski definition) is 4. The van der Waals surface area contributed by atoms with E-state index in [4.69, 9.17) is 0 Å². The fourth-order valence-electron chi connectivity index (χ4n) is 1.64. The molecule has 20 heavy (non-hydrogen) atoms. The van der Waals surface area contributed by atoms with E-state index in [0.717, 1.165) is 11.3 Å². The zero-order chi connectivity index (χ0) is 15.1. The Balaban J connectivity index is 2.42. The molecule has 0 saturated heterocycles. The highest BCUT2D eigenvalue weighted by atomic mass is 32.2. The highest BCUT2D eigenvalue weighted by molar-refractivity contribution is 7.98. The van der Waals surface area contributed by atoms with Crippen molar-refractivity contribution in [3.8, 4) is 0 Å². The second-order valence-electron chi connectivity index (χ2n) is 5.12. The molecule has 0 saturated carbocycles. The number of rotatable bonds is 9. The fourth-order valence-corrected chi connectivity index (χ4v) is 3.47. The lowest BCUT2D eigenvalue weighted by Gasteiger charge is -2.23. The molecule has 1 rings (SSSR count). The summed E-state index contributed by atoms with van der Waals surface area (Å²) >= 11 is 1.63. The van der Waals surface area contributed by atoms with Crippen molar-refractivity contribution < 1.29 is 13.5 Å². The summed E-state index contributed by atoms with van der Waals surface area (Å²) in [5.41, 5.74) is -0.00459. The minimum Gasteiger partial charge on any atom is -0.389 e. The minimum absolute atomic E-state index is 0.0373. The van der Waals surface area contributed by atoms with Crippen molar-refractivity contribution in [2.45, 2.75) is 25.4 Å². The van der Waals surface area contributed by atoms with E-state index in [1.54, 1.807) is 18.7 Å². The standard InChI is InChI=1S/C14H23NO3S2/c1-14(16,9-10-19-2)12-15-20(17,18)11-8-13-6-4-3-5-7-13/h3-7,15-16H,8-12H2,1-2H3/t14-/m0/s1. The molecule has 1 aromatic rings. The summed E-state index contributed by atoms with van der Waals surface area (Å²) < 4.78 is 26.3. The van der Waals surface area contributed by atoms with Crippen molar-refractivity contribution in [1.29, 1.82) is 0 Å². The smallest absolute Gasteiger partial charge is 0.212 e. The molecule has 0 fully saturated rings. The SMILES string of the molecule is CSCC[C@](C)(O)CNS(=O)(=O)CCc1ccccc1. The molecule has 0 aliphatic heterocycles. The first kappa shape index (κ1) is 17.5. The van der Waals surface area contributed by atoms with Gasteiger partial charge in [-0.05, 0) is 37.3 Å². The van der Waals surface area contributed by atoms with Crippen molar-refractivity contribution in [2.75, 3.05) is 24.3 Å². The summed E-state index contributed by atoms with van der Waals surface area (Å²) in [4.78, 5) is 0. The summed E-state index contributed by atoms with van der Waals surface area (Å²) in [5, 5.41) is 10.1. The normalized spacial score (nSPS) is 14.9. The van der Waals surface area contributed by atoms with Crippen LogP contribution in [0.4, 0.5) is 0 Å². The Labute approximate surface area is 126 Å². The molecule has 0 spiro atoms. The van der Waals surface area contributed by atoms with E-state index in [-0.39, 0.29) is 12.3 Å². The molecule has 0 aromatic heterocycles. The minimum atomic E-state index is -3.35. The van der Waals surface area contributed by atoms with Crippen LogP contribution in [0.3, 0.4) is 0 Å². The van der Waals surface area contributed by atoms with Gasteiger partial charge in [0.25, 0.3) is 0 Å². The first-order chi connectivity index (χ1) is 9.35. The Bertz CT molecular complexity index is 486. The third kappa shape index (κ3) is 7.28. The van der Waals surface area contributed by atoms with Crippen molar-refractivity contribution in [2.24, 2.45) is 0 Å². The lowest BCUT2D eigenvalue weighted by atomic mass is 10.1. The van der Waals surface area contributed by atoms with Crippen molar-refractivity contribution in [3.05, 3.63) is 35.9 Å². The summed E-state index contributed by atoms with van der Waals surface area (Å²) in [5.74, 6) is 0.842. The molecule has 2 N–H and O–H groups in total. The Hall–Kier alpha value is -0.560. The molecule has 0 bridgehead atoms. The molecule has 1 atom stereocenters. The fraction of sp³-hybridized carbons (Fsp3) is 0.571. The molecular formula is C14H23NO3S2. The highest BCUT2D eigenvalue weighted by Crippen LogP contribution is 2.12. The van der Waals surface area contributed by atoms with Crippen LogP contribution in [0.15, 0.2) is 30.3 Å². The van der Waals surface area contributed by atoms with E-state index in [2.05, 4.69) is 4.72 Å². The van der Waals surface area contributed by atoms with E-state index in [9.17, 15) is 13.5 Å². The molecule has 0 aliphatic rings. The molecule has 0 heterocycles. The molecule has 114 valence electrons. The maximum absolute atomic E-state index is 11.9. The number of hydrogen-bond donors (Lipinski definition) is 2. The number of benzene rings is 1. The number of thioether (sulfide) groups is 1. The summed E-state index contributed by atoms with van der Waals surface area (Å²) in [7, 11) is -3.35. The van der Waals surface area contributed by atoms with Crippen LogP contribution in [0.1, 0.15) is 18.9 Å². The van der Waals surface area contributed by atoms with Gasteiger partial charge in [-0.1, -0.05) is 30.3 Å². The van der Waals surface area contributed by atoms with Gasteiger partial charge >= 0.3 is 0 Å². The topological polar surface area (TPSA) is 66.4 Å². The van der Waals surface area contributed by atoms with Gasteiger partial charge in [0.15, 0.2) is 0 Å². The zero-order valence-corrected chi connectivity index (χ0v) is 13.6. The van der Waals surface area contributed by atoms with Crippen LogP contribution < -0.4 is 4.72 Å². The van der Waals surface area contributed by atoms with Crippen LogP contribution in [-0.4, -0.2) is 43.4 Å². The highest BCUT2D eigenvalue weighted by Gasteiger charge is 2.22. The van der Waals surface area contributed by atoms with Gasteiger partial charge < -0.3 is 5.11 Å². The lowest BCUT2D eigenvalue weighted by molar-refractivity contribution is 0.0626. The largest absolute Gasteiger partial charge is 0.389 e. The number of sulfonamides is 1. The third-order valence-electron chi connectivity index (χ3n) is 3.02. The molecule has 4 nitrogen and oxygen atoms in total.